The summed E-state index contributed by atoms with van der Waals surface area (Å²) in [4.78, 5) is 28.0. The Balaban J connectivity index is 1.76. The van der Waals surface area contributed by atoms with Crippen LogP contribution < -0.4 is 10.1 Å². The zero-order valence-corrected chi connectivity index (χ0v) is 21.5. The summed E-state index contributed by atoms with van der Waals surface area (Å²) < 4.78 is 5.78. The van der Waals surface area contributed by atoms with Gasteiger partial charge < -0.3 is 15.0 Å². The summed E-state index contributed by atoms with van der Waals surface area (Å²) in [5, 5.41) is 3.56. The highest BCUT2D eigenvalue weighted by molar-refractivity contribution is 6.42. The minimum Gasteiger partial charge on any atom is -0.494 e. The number of amides is 2. The maximum Gasteiger partial charge on any atom is 0.242 e. The first-order valence-electron chi connectivity index (χ1n) is 11.6. The lowest BCUT2D eigenvalue weighted by Gasteiger charge is -2.31. The van der Waals surface area contributed by atoms with E-state index in [0.29, 0.717) is 29.5 Å². The van der Waals surface area contributed by atoms with Gasteiger partial charge >= 0.3 is 0 Å². The summed E-state index contributed by atoms with van der Waals surface area (Å²) >= 11 is 12.3. The smallest absolute Gasteiger partial charge is 0.242 e. The Kier molecular flexibility index (Phi) is 10.0. The first kappa shape index (κ1) is 26.6. The predicted molar refractivity (Wildman–Crippen MR) is 141 cm³/mol. The van der Waals surface area contributed by atoms with Gasteiger partial charge in [-0.05, 0) is 48.7 Å². The fourth-order valence-corrected chi connectivity index (χ4v) is 4.07. The fourth-order valence-electron chi connectivity index (χ4n) is 3.75. The number of aryl methyl sites for hydroxylation is 1. The summed E-state index contributed by atoms with van der Waals surface area (Å²) in [6.45, 7) is 2.65. The van der Waals surface area contributed by atoms with Crippen molar-refractivity contribution in [1.82, 2.24) is 10.2 Å². The number of hydrogen-bond donors (Lipinski definition) is 1. The second kappa shape index (κ2) is 13.2. The highest BCUT2D eigenvalue weighted by Crippen LogP contribution is 2.24. The van der Waals surface area contributed by atoms with Crippen molar-refractivity contribution in [2.24, 2.45) is 0 Å². The number of nitrogens with one attached hydrogen (secondary N) is 1. The van der Waals surface area contributed by atoms with Gasteiger partial charge in [-0.1, -0.05) is 77.3 Å². The number of carbonyl (C=O) groups is 2. The van der Waals surface area contributed by atoms with Crippen LogP contribution >= 0.6 is 23.2 Å². The first-order chi connectivity index (χ1) is 16.9. The Morgan fingerprint density at radius 1 is 0.943 bits per heavy atom. The average Bonchev–Trinajstić information content (AvgIpc) is 2.87. The molecule has 0 aliphatic carbocycles. The number of carbonyl (C=O) groups excluding carboxylic acids is 2. The molecule has 7 heteroatoms. The fraction of sp³-hybridized carbons (Fsp3) is 0.286. The lowest BCUT2D eigenvalue weighted by atomic mass is 10.0. The van der Waals surface area contributed by atoms with Crippen LogP contribution in [-0.4, -0.2) is 36.4 Å². The molecule has 0 fully saturated rings. The van der Waals surface area contributed by atoms with Gasteiger partial charge in [0.25, 0.3) is 0 Å². The van der Waals surface area contributed by atoms with Crippen molar-refractivity contribution in [2.75, 3.05) is 13.7 Å². The standard InChI is InChI=1S/C28H30Cl2N2O3/c1-20-10-13-23(14-11-20)35-16-6-9-27(33)32(19-22-12-15-24(29)25(30)17-22)26(28(34)31-2)18-21-7-4-3-5-8-21/h3-5,7-8,10-15,17,26H,6,9,16,18-19H2,1-2H3,(H,31,34). The van der Waals surface area contributed by atoms with Crippen molar-refractivity contribution >= 4 is 35.0 Å². The largest absolute Gasteiger partial charge is 0.494 e. The highest BCUT2D eigenvalue weighted by atomic mass is 35.5. The van der Waals surface area contributed by atoms with Gasteiger partial charge in [0.1, 0.15) is 11.8 Å². The van der Waals surface area contributed by atoms with Crippen LogP contribution in [-0.2, 0) is 22.6 Å². The molecule has 5 nitrogen and oxygen atoms in total. The molecule has 1 N–H and O–H groups in total. The van der Waals surface area contributed by atoms with Crippen LogP contribution in [0.5, 0.6) is 5.75 Å². The molecule has 0 aromatic heterocycles. The molecule has 2 amide bonds. The second-order valence-corrected chi connectivity index (χ2v) is 9.17. The Hall–Kier alpha value is -3.02. The second-order valence-electron chi connectivity index (χ2n) is 8.35. The van der Waals surface area contributed by atoms with E-state index in [0.717, 1.165) is 22.4 Å². The molecule has 0 aliphatic rings. The summed E-state index contributed by atoms with van der Waals surface area (Å²) in [5.74, 6) is 0.411. The molecule has 1 unspecified atom stereocenters. The minimum absolute atomic E-state index is 0.131. The van der Waals surface area contributed by atoms with E-state index in [-0.39, 0.29) is 24.8 Å². The number of halogens is 2. The van der Waals surface area contributed by atoms with E-state index in [9.17, 15) is 9.59 Å². The maximum atomic E-state index is 13.4. The first-order valence-corrected chi connectivity index (χ1v) is 12.3. The monoisotopic (exact) mass is 512 g/mol. The topological polar surface area (TPSA) is 58.6 Å². The van der Waals surface area contributed by atoms with Crippen LogP contribution in [0.4, 0.5) is 0 Å². The lowest BCUT2D eigenvalue weighted by molar-refractivity contribution is -0.141. The van der Waals surface area contributed by atoms with Crippen LogP contribution in [0.2, 0.25) is 10.0 Å². The van der Waals surface area contributed by atoms with Gasteiger partial charge in [0.05, 0.1) is 16.7 Å². The van der Waals surface area contributed by atoms with Crippen LogP contribution in [0.25, 0.3) is 0 Å². The molecule has 0 spiro atoms. The quantitative estimate of drug-likeness (QED) is 0.328. The van der Waals surface area contributed by atoms with Gasteiger partial charge in [0.15, 0.2) is 0 Å². The minimum atomic E-state index is -0.678. The molecular weight excluding hydrogens is 483 g/mol. The predicted octanol–water partition coefficient (Wildman–Crippen LogP) is 5.85. The van der Waals surface area contributed by atoms with Crippen LogP contribution in [0.15, 0.2) is 72.8 Å². The zero-order chi connectivity index (χ0) is 25.2. The van der Waals surface area contributed by atoms with Crippen LogP contribution in [0.3, 0.4) is 0 Å². The van der Waals surface area contributed by atoms with Crippen LogP contribution in [0.1, 0.15) is 29.5 Å². The molecule has 3 aromatic carbocycles. The lowest BCUT2D eigenvalue weighted by Crippen LogP contribution is -2.49. The Morgan fingerprint density at radius 2 is 1.66 bits per heavy atom. The van der Waals surface area contributed by atoms with E-state index in [1.54, 1.807) is 24.1 Å². The summed E-state index contributed by atoms with van der Waals surface area (Å²) in [6, 6.07) is 22.0. The van der Waals surface area contributed by atoms with E-state index in [2.05, 4.69) is 5.32 Å². The number of rotatable bonds is 11. The zero-order valence-electron chi connectivity index (χ0n) is 20.0. The average molecular weight is 513 g/mol. The van der Waals surface area contributed by atoms with E-state index < -0.39 is 6.04 Å². The molecule has 0 radical (unpaired) electrons. The molecule has 0 bridgehead atoms. The molecule has 3 rings (SSSR count). The Bertz CT molecular complexity index is 1120. The molecular formula is C28H30Cl2N2O3. The molecule has 0 saturated carbocycles. The molecule has 0 aliphatic heterocycles. The number of ether oxygens (including phenoxy) is 1. The van der Waals surface area contributed by atoms with Crippen molar-refractivity contribution in [2.45, 2.75) is 38.8 Å². The third-order valence-electron chi connectivity index (χ3n) is 5.68. The van der Waals surface area contributed by atoms with Crippen molar-refractivity contribution in [3.8, 4) is 5.75 Å². The maximum absolute atomic E-state index is 13.4. The number of hydrogen-bond acceptors (Lipinski definition) is 3. The Labute approximate surface area is 217 Å². The number of benzene rings is 3. The van der Waals surface area contributed by atoms with Crippen molar-refractivity contribution in [3.05, 3.63) is 99.5 Å². The van der Waals surface area contributed by atoms with E-state index in [4.69, 9.17) is 27.9 Å². The van der Waals surface area contributed by atoms with E-state index in [1.807, 2.05) is 67.6 Å². The third-order valence-corrected chi connectivity index (χ3v) is 6.42. The van der Waals surface area contributed by atoms with E-state index in [1.165, 1.54) is 0 Å². The molecule has 0 heterocycles. The van der Waals surface area contributed by atoms with Gasteiger partial charge in [-0.15, -0.1) is 0 Å². The highest BCUT2D eigenvalue weighted by Gasteiger charge is 2.29. The molecule has 184 valence electrons. The van der Waals surface area contributed by atoms with Gasteiger partial charge in [0.2, 0.25) is 11.8 Å². The van der Waals surface area contributed by atoms with Gasteiger partial charge in [-0.3, -0.25) is 9.59 Å². The summed E-state index contributed by atoms with van der Waals surface area (Å²) in [7, 11) is 1.58. The number of nitrogens with zero attached hydrogens (tertiary/aromatic N) is 1. The van der Waals surface area contributed by atoms with Crippen molar-refractivity contribution in [3.63, 3.8) is 0 Å². The molecule has 3 aromatic rings. The SMILES string of the molecule is CNC(=O)C(Cc1ccccc1)N(Cc1ccc(Cl)c(Cl)c1)C(=O)CCCOc1ccc(C)cc1. The van der Waals surface area contributed by atoms with Gasteiger partial charge in [0, 0.05) is 26.4 Å². The molecule has 0 saturated heterocycles. The Morgan fingerprint density at radius 3 is 2.31 bits per heavy atom. The molecule has 1 atom stereocenters. The summed E-state index contributed by atoms with van der Waals surface area (Å²) in [6.07, 6.45) is 1.17. The third kappa shape index (κ3) is 8.01. The number of likely N-dealkylation sites (N-methyl/N-ethyl adjacent to an activating group) is 1. The summed E-state index contributed by atoms with van der Waals surface area (Å²) in [5.41, 5.74) is 2.92. The van der Waals surface area contributed by atoms with Crippen molar-refractivity contribution in [1.29, 1.82) is 0 Å². The van der Waals surface area contributed by atoms with Gasteiger partial charge in [-0.2, -0.15) is 0 Å². The van der Waals surface area contributed by atoms with E-state index >= 15 is 0 Å². The van der Waals surface area contributed by atoms with Crippen molar-refractivity contribution < 1.29 is 14.3 Å². The van der Waals surface area contributed by atoms with Gasteiger partial charge in [-0.25, -0.2) is 0 Å². The molecule has 35 heavy (non-hydrogen) atoms. The normalized spacial score (nSPS) is 11.5. The van der Waals surface area contributed by atoms with Crippen LogP contribution in [0, 0.1) is 6.92 Å².